The molecule has 0 spiro atoms. The Balaban J connectivity index is 2.16. The van der Waals surface area contributed by atoms with E-state index in [1.54, 1.807) is 0 Å². The first kappa shape index (κ1) is 11.3. The van der Waals surface area contributed by atoms with Gasteiger partial charge in [0.15, 0.2) is 0 Å². The summed E-state index contributed by atoms with van der Waals surface area (Å²) in [6.07, 6.45) is 1.88. The Hall–Kier alpha value is -2.22. The number of para-hydroxylation sites is 2. The molecule has 2 aromatic rings. The number of nitrogens with zero attached hydrogens (tertiary/aromatic N) is 1. The van der Waals surface area contributed by atoms with Crippen LogP contribution in [0, 0.1) is 0 Å². The van der Waals surface area contributed by atoms with Crippen LogP contribution in [0.5, 0.6) is 0 Å². The maximum atomic E-state index is 3.79. The summed E-state index contributed by atoms with van der Waals surface area (Å²) in [5, 5.41) is 2.06. The zero-order chi connectivity index (χ0) is 11.9. The second kappa shape index (κ2) is 5.75. The quantitative estimate of drug-likeness (QED) is 0.615. The lowest BCUT2D eigenvalue weighted by molar-refractivity contribution is 1.01. The maximum absolute atomic E-state index is 3.79. The summed E-state index contributed by atoms with van der Waals surface area (Å²) in [6, 6.07) is 20.3. The summed E-state index contributed by atoms with van der Waals surface area (Å²) in [7, 11) is 0. The number of hydrazine groups is 1. The van der Waals surface area contributed by atoms with Gasteiger partial charge in [-0.05, 0) is 24.3 Å². The molecule has 17 heavy (non-hydrogen) atoms. The minimum absolute atomic E-state index is 0.749. The predicted molar refractivity (Wildman–Crippen MR) is 74.0 cm³/mol. The minimum Gasteiger partial charge on any atom is -0.298 e. The van der Waals surface area contributed by atoms with Crippen LogP contribution in [-0.2, 0) is 0 Å². The smallest absolute Gasteiger partial charge is 0.0575 e. The molecule has 0 aliphatic carbocycles. The van der Waals surface area contributed by atoms with Gasteiger partial charge in [-0.1, -0.05) is 42.5 Å². The van der Waals surface area contributed by atoms with Crippen LogP contribution >= 0.6 is 0 Å². The number of anilines is 2. The van der Waals surface area contributed by atoms with Gasteiger partial charge >= 0.3 is 0 Å². The maximum Gasteiger partial charge on any atom is 0.0575 e. The topological polar surface area (TPSA) is 15.3 Å². The summed E-state index contributed by atoms with van der Waals surface area (Å²) in [6.45, 7) is 4.53. The van der Waals surface area contributed by atoms with E-state index in [-0.39, 0.29) is 0 Å². The van der Waals surface area contributed by atoms with Crippen molar-refractivity contribution in [2.45, 2.75) is 0 Å². The van der Waals surface area contributed by atoms with Crippen LogP contribution in [0.25, 0.3) is 0 Å². The van der Waals surface area contributed by atoms with Gasteiger partial charge in [0.05, 0.1) is 17.9 Å². The van der Waals surface area contributed by atoms with E-state index in [4.69, 9.17) is 0 Å². The van der Waals surface area contributed by atoms with Crippen molar-refractivity contribution in [2.75, 3.05) is 17.0 Å². The molecule has 0 radical (unpaired) electrons. The Labute approximate surface area is 102 Å². The van der Waals surface area contributed by atoms with E-state index >= 15 is 0 Å². The molecule has 0 unspecified atom stereocenters. The summed E-state index contributed by atoms with van der Waals surface area (Å²) in [5.41, 5.74) is 5.55. The molecule has 0 amide bonds. The zero-order valence-corrected chi connectivity index (χ0v) is 9.71. The molecule has 2 heteroatoms. The highest BCUT2D eigenvalue weighted by Gasteiger charge is 2.03. The fraction of sp³-hybridized carbons (Fsp3) is 0.0667. The van der Waals surface area contributed by atoms with Crippen LogP contribution in [0.4, 0.5) is 11.4 Å². The van der Waals surface area contributed by atoms with E-state index in [2.05, 4.69) is 29.1 Å². The average Bonchev–Trinajstić information content (AvgIpc) is 2.40. The van der Waals surface area contributed by atoms with Crippen molar-refractivity contribution in [3.63, 3.8) is 0 Å². The molecule has 0 bridgehead atoms. The van der Waals surface area contributed by atoms with Crippen molar-refractivity contribution in [1.82, 2.24) is 0 Å². The first-order valence-corrected chi connectivity index (χ1v) is 5.65. The van der Waals surface area contributed by atoms with Gasteiger partial charge in [-0.25, -0.2) is 0 Å². The van der Waals surface area contributed by atoms with Crippen LogP contribution < -0.4 is 10.4 Å². The van der Waals surface area contributed by atoms with Gasteiger partial charge in [-0.15, -0.1) is 6.58 Å². The molecule has 2 rings (SSSR count). The molecular weight excluding hydrogens is 208 g/mol. The lowest BCUT2D eigenvalue weighted by Crippen LogP contribution is -2.29. The SMILES string of the molecule is C=CCN(Nc1ccccc1)c1ccccc1. The Morgan fingerprint density at radius 3 is 2.12 bits per heavy atom. The molecule has 1 N–H and O–H groups in total. The van der Waals surface area contributed by atoms with Crippen molar-refractivity contribution < 1.29 is 0 Å². The molecule has 2 nitrogen and oxygen atoms in total. The highest BCUT2D eigenvalue weighted by molar-refractivity contribution is 5.55. The molecule has 0 aliphatic heterocycles. The molecule has 86 valence electrons. The molecule has 0 saturated carbocycles. The zero-order valence-electron chi connectivity index (χ0n) is 9.71. The Morgan fingerprint density at radius 1 is 0.941 bits per heavy atom. The van der Waals surface area contributed by atoms with Crippen molar-refractivity contribution in [3.8, 4) is 0 Å². The third-order valence-electron chi connectivity index (χ3n) is 2.42. The van der Waals surface area contributed by atoms with Crippen LogP contribution in [0.2, 0.25) is 0 Å². The predicted octanol–water partition coefficient (Wildman–Crippen LogP) is 3.71. The highest BCUT2D eigenvalue weighted by atomic mass is 15.5. The third-order valence-corrected chi connectivity index (χ3v) is 2.42. The van der Waals surface area contributed by atoms with Crippen LogP contribution in [0.3, 0.4) is 0 Å². The van der Waals surface area contributed by atoms with E-state index in [1.807, 2.05) is 54.6 Å². The van der Waals surface area contributed by atoms with Gasteiger partial charge in [0.1, 0.15) is 0 Å². The highest BCUT2D eigenvalue weighted by Crippen LogP contribution is 2.15. The van der Waals surface area contributed by atoms with Crippen LogP contribution in [-0.4, -0.2) is 6.54 Å². The van der Waals surface area contributed by atoms with E-state index in [9.17, 15) is 0 Å². The third kappa shape index (κ3) is 3.11. The van der Waals surface area contributed by atoms with E-state index in [0.29, 0.717) is 0 Å². The number of nitrogens with one attached hydrogen (secondary N) is 1. The normalized spacial score (nSPS) is 9.65. The first-order valence-electron chi connectivity index (χ1n) is 5.65. The van der Waals surface area contributed by atoms with Gasteiger partial charge in [0.2, 0.25) is 0 Å². The van der Waals surface area contributed by atoms with Crippen molar-refractivity contribution >= 4 is 11.4 Å². The number of rotatable bonds is 5. The minimum atomic E-state index is 0.749. The molecule has 0 aliphatic rings. The monoisotopic (exact) mass is 224 g/mol. The van der Waals surface area contributed by atoms with Crippen molar-refractivity contribution in [1.29, 1.82) is 0 Å². The molecular formula is C15H16N2. The van der Waals surface area contributed by atoms with E-state index in [1.165, 1.54) is 0 Å². The Kier molecular flexibility index (Phi) is 3.81. The fourth-order valence-corrected chi connectivity index (χ4v) is 1.62. The van der Waals surface area contributed by atoms with Gasteiger partial charge in [-0.3, -0.25) is 10.4 Å². The fourth-order valence-electron chi connectivity index (χ4n) is 1.62. The molecule has 2 aromatic carbocycles. The van der Waals surface area contributed by atoms with Crippen LogP contribution in [0.1, 0.15) is 0 Å². The van der Waals surface area contributed by atoms with Gasteiger partial charge < -0.3 is 0 Å². The van der Waals surface area contributed by atoms with Gasteiger partial charge in [0, 0.05) is 0 Å². The second-order valence-electron chi connectivity index (χ2n) is 3.71. The standard InChI is InChI=1S/C15H16N2/c1-2-13-17(15-11-7-4-8-12-15)16-14-9-5-3-6-10-14/h2-12,16H,1,13H2. The van der Waals surface area contributed by atoms with Gasteiger partial charge in [-0.2, -0.15) is 0 Å². The average molecular weight is 224 g/mol. The molecule has 0 atom stereocenters. The number of hydrogen-bond acceptors (Lipinski definition) is 2. The largest absolute Gasteiger partial charge is 0.298 e. The summed E-state index contributed by atoms with van der Waals surface area (Å²) < 4.78 is 0. The van der Waals surface area contributed by atoms with Gasteiger partial charge in [0.25, 0.3) is 0 Å². The Bertz CT molecular complexity index is 451. The van der Waals surface area contributed by atoms with Crippen molar-refractivity contribution in [3.05, 3.63) is 73.3 Å². The molecule has 0 saturated heterocycles. The molecule has 0 heterocycles. The number of hydrogen-bond donors (Lipinski definition) is 1. The number of benzene rings is 2. The lowest BCUT2D eigenvalue weighted by atomic mass is 10.3. The molecule has 0 aromatic heterocycles. The summed E-state index contributed by atoms with van der Waals surface area (Å²) in [5.74, 6) is 0. The second-order valence-corrected chi connectivity index (χ2v) is 3.71. The van der Waals surface area contributed by atoms with E-state index < -0.39 is 0 Å². The first-order chi connectivity index (χ1) is 8.40. The molecule has 0 fully saturated rings. The lowest BCUT2D eigenvalue weighted by Gasteiger charge is -2.25. The summed E-state index contributed by atoms with van der Waals surface area (Å²) >= 11 is 0. The van der Waals surface area contributed by atoms with Crippen LogP contribution in [0.15, 0.2) is 73.3 Å². The van der Waals surface area contributed by atoms with E-state index in [0.717, 1.165) is 17.9 Å². The Morgan fingerprint density at radius 2 is 1.53 bits per heavy atom. The summed E-state index contributed by atoms with van der Waals surface area (Å²) in [4.78, 5) is 0. The van der Waals surface area contributed by atoms with Crippen molar-refractivity contribution in [2.24, 2.45) is 0 Å².